The number of ether oxygens (including phenoxy) is 2. The standard InChI is InChI=1S/C12H23NO2/c1-11(2)4-7-13-6-3-5-12(10-13)14-8-9-15-12/h11H,3-10H2,1-2H3. The summed E-state index contributed by atoms with van der Waals surface area (Å²) < 4.78 is 11.5. The van der Waals surface area contributed by atoms with Crippen molar-refractivity contribution in [2.45, 2.75) is 38.9 Å². The molecule has 3 heteroatoms. The van der Waals surface area contributed by atoms with E-state index in [9.17, 15) is 0 Å². The largest absolute Gasteiger partial charge is 0.346 e. The summed E-state index contributed by atoms with van der Waals surface area (Å²) in [5.41, 5.74) is 0. The van der Waals surface area contributed by atoms with Gasteiger partial charge < -0.3 is 9.47 Å². The van der Waals surface area contributed by atoms with E-state index >= 15 is 0 Å². The van der Waals surface area contributed by atoms with Gasteiger partial charge in [-0.3, -0.25) is 4.90 Å². The van der Waals surface area contributed by atoms with Gasteiger partial charge in [0.2, 0.25) is 0 Å². The summed E-state index contributed by atoms with van der Waals surface area (Å²) in [5, 5.41) is 0. The highest BCUT2D eigenvalue weighted by molar-refractivity contribution is 4.83. The van der Waals surface area contributed by atoms with Gasteiger partial charge in [0.05, 0.1) is 19.8 Å². The van der Waals surface area contributed by atoms with E-state index in [1.54, 1.807) is 0 Å². The molecule has 0 saturated carbocycles. The Hall–Kier alpha value is -0.120. The van der Waals surface area contributed by atoms with Crippen molar-refractivity contribution in [2.75, 3.05) is 32.8 Å². The van der Waals surface area contributed by atoms with Crippen LogP contribution in [-0.2, 0) is 9.47 Å². The summed E-state index contributed by atoms with van der Waals surface area (Å²) >= 11 is 0. The van der Waals surface area contributed by atoms with E-state index < -0.39 is 0 Å². The normalized spacial score (nSPS) is 26.6. The van der Waals surface area contributed by atoms with Gasteiger partial charge >= 0.3 is 0 Å². The third-order valence-electron chi connectivity index (χ3n) is 3.33. The lowest BCUT2D eigenvalue weighted by atomic mass is 10.0. The van der Waals surface area contributed by atoms with Crippen molar-refractivity contribution in [1.82, 2.24) is 4.90 Å². The molecule has 2 aliphatic heterocycles. The quantitative estimate of drug-likeness (QED) is 0.714. The highest BCUT2D eigenvalue weighted by atomic mass is 16.7. The van der Waals surface area contributed by atoms with Crippen molar-refractivity contribution >= 4 is 0 Å². The second kappa shape index (κ2) is 4.81. The van der Waals surface area contributed by atoms with Crippen LogP contribution in [0.4, 0.5) is 0 Å². The fraction of sp³-hybridized carbons (Fsp3) is 1.00. The molecule has 0 amide bonds. The van der Waals surface area contributed by atoms with Crippen molar-refractivity contribution < 1.29 is 9.47 Å². The number of likely N-dealkylation sites (tertiary alicyclic amines) is 1. The summed E-state index contributed by atoms with van der Waals surface area (Å²) in [4.78, 5) is 2.49. The molecule has 0 aromatic rings. The van der Waals surface area contributed by atoms with Crippen molar-refractivity contribution in [2.24, 2.45) is 5.92 Å². The molecule has 2 fully saturated rings. The third-order valence-corrected chi connectivity index (χ3v) is 3.33. The van der Waals surface area contributed by atoms with E-state index in [4.69, 9.17) is 9.47 Å². The van der Waals surface area contributed by atoms with Gasteiger partial charge in [-0.1, -0.05) is 13.8 Å². The Bertz CT molecular complexity index is 200. The molecular formula is C12H23NO2. The molecule has 0 radical (unpaired) electrons. The lowest BCUT2D eigenvalue weighted by Gasteiger charge is -2.38. The fourth-order valence-corrected chi connectivity index (χ4v) is 2.44. The van der Waals surface area contributed by atoms with E-state index in [0.29, 0.717) is 0 Å². The second-order valence-corrected chi connectivity index (χ2v) is 5.17. The molecule has 88 valence electrons. The molecule has 2 aliphatic rings. The Morgan fingerprint density at radius 2 is 2.00 bits per heavy atom. The van der Waals surface area contributed by atoms with E-state index in [1.807, 2.05) is 0 Å². The number of piperidine rings is 1. The van der Waals surface area contributed by atoms with Crippen LogP contribution >= 0.6 is 0 Å². The molecule has 0 N–H and O–H groups in total. The molecule has 0 aromatic carbocycles. The van der Waals surface area contributed by atoms with Crippen LogP contribution in [0.15, 0.2) is 0 Å². The average molecular weight is 213 g/mol. The molecule has 3 nitrogen and oxygen atoms in total. The number of hydrogen-bond donors (Lipinski definition) is 0. The van der Waals surface area contributed by atoms with Gasteiger partial charge in [0.25, 0.3) is 0 Å². The van der Waals surface area contributed by atoms with E-state index in [1.165, 1.54) is 25.9 Å². The Labute approximate surface area is 92.7 Å². The van der Waals surface area contributed by atoms with Gasteiger partial charge in [-0.15, -0.1) is 0 Å². The van der Waals surface area contributed by atoms with Crippen LogP contribution in [0.5, 0.6) is 0 Å². The number of hydrogen-bond acceptors (Lipinski definition) is 3. The molecule has 1 spiro atoms. The summed E-state index contributed by atoms with van der Waals surface area (Å²) in [6, 6.07) is 0. The van der Waals surface area contributed by atoms with Gasteiger partial charge in [0.1, 0.15) is 0 Å². The lowest BCUT2D eigenvalue weighted by Crippen LogP contribution is -2.49. The number of rotatable bonds is 3. The highest BCUT2D eigenvalue weighted by Crippen LogP contribution is 2.30. The van der Waals surface area contributed by atoms with Gasteiger partial charge in [-0.05, 0) is 31.8 Å². The molecule has 2 rings (SSSR count). The highest BCUT2D eigenvalue weighted by Gasteiger charge is 2.40. The van der Waals surface area contributed by atoms with E-state index in [2.05, 4.69) is 18.7 Å². The van der Waals surface area contributed by atoms with Crippen molar-refractivity contribution in [1.29, 1.82) is 0 Å². The predicted octanol–water partition coefficient (Wildman–Crippen LogP) is 1.87. The zero-order valence-corrected chi connectivity index (χ0v) is 10.00. The Morgan fingerprint density at radius 3 is 2.67 bits per heavy atom. The van der Waals surface area contributed by atoms with E-state index in [0.717, 1.165) is 32.1 Å². The van der Waals surface area contributed by atoms with E-state index in [-0.39, 0.29) is 5.79 Å². The topological polar surface area (TPSA) is 21.7 Å². The molecule has 2 heterocycles. The van der Waals surface area contributed by atoms with Crippen LogP contribution < -0.4 is 0 Å². The SMILES string of the molecule is CC(C)CCN1CCCC2(C1)OCCO2. The summed E-state index contributed by atoms with van der Waals surface area (Å²) in [5.74, 6) is 0.545. The molecule has 15 heavy (non-hydrogen) atoms. The Morgan fingerprint density at radius 1 is 1.27 bits per heavy atom. The Kier molecular flexibility index (Phi) is 3.65. The smallest absolute Gasteiger partial charge is 0.181 e. The predicted molar refractivity (Wildman–Crippen MR) is 59.8 cm³/mol. The Balaban J connectivity index is 1.81. The minimum atomic E-state index is -0.241. The third kappa shape index (κ3) is 2.92. The molecule has 0 aliphatic carbocycles. The van der Waals surface area contributed by atoms with Crippen molar-refractivity contribution in [3.8, 4) is 0 Å². The summed E-state index contributed by atoms with van der Waals surface area (Å²) in [6.45, 7) is 9.48. The monoisotopic (exact) mass is 213 g/mol. The minimum absolute atomic E-state index is 0.241. The molecular weight excluding hydrogens is 190 g/mol. The van der Waals surface area contributed by atoms with Gasteiger partial charge in [-0.25, -0.2) is 0 Å². The van der Waals surface area contributed by atoms with Crippen LogP contribution in [-0.4, -0.2) is 43.5 Å². The minimum Gasteiger partial charge on any atom is -0.346 e. The van der Waals surface area contributed by atoms with Crippen LogP contribution in [0.1, 0.15) is 33.1 Å². The molecule has 0 aromatic heterocycles. The summed E-state index contributed by atoms with van der Waals surface area (Å²) in [7, 11) is 0. The average Bonchev–Trinajstić information content (AvgIpc) is 2.63. The maximum absolute atomic E-state index is 5.75. The van der Waals surface area contributed by atoms with Crippen molar-refractivity contribution in [3.63, 3.8) is 0 Å². The number of nitrogens with zero attached hydrogens (tertiary/aromatic N) is 1. The van der Waals surface area contributed by atoms with Gasteiger partial charge in [0.15, 0.2) is 5.79 Å². The molecule has 0 bridgehead atoms. The van der Waals surface area contributed by atoms with Crippen molar-refractivity contribution in [3.05, 3.63) is 0 Å². The summed E-state index contributed by atoms with van der Waals surface area (Å²) in [6.07, 6.45) is 3.55. The zero-order chi connectivity index (χ0) is 10.7. The van der Waals surface area contributed by atoms with Gasteiger partial charge in [-0.2, -0.15) is 0 Å². The van der Waals surface area contributed by atoms with Crippen LogP contribution in [0.3, 0.4) is 0 Å². The molecule has 0 atom stereocenters. The fourth-order valence-electron chi connectivity index (χ4n) is 2.44. The zero-order valence-electron chi connectivity index (χ0n) is 10.00. The second-order valence-electron chi connectivity index (χ2n) is 5.17. The first kappa shape index (κ1) is 11.4. The van der Waals surface area contributed by atoms with Crippen LogP contribution in [0, 0.1) is 5.92 Å². The maximum Gasteiger partial charge on any atom is 0.181 e. The lowest BCUT2D eigenvalue weighted by molar-refractivity contribution is -0.189. The first-order chi connectivity index (χ1) is 7.20. The maximum atomic E-state index is 5.75. The van der Waals surface area contributed by atoms with Crippen LogP contribution in [0.25, 0.3) is 0 Å². The van der Waals surface area contributed by atoms with Gasteiger partial charge in [0, 0.05) is 6.42 Å². The molecule has 0 unspecified atom stereocenters. The van der Waals surface area contributed by atoms with Crippen LogP contribution in [0.2, 0.25) is 0 Å². The first-order valence-corrected chi connectivity index (χ1v) is 6.20. The molecule has 2 saturated heterocycles. The first-order valence-electron chi connectivity index (χ1n) is 6.20.